The van der Waals surface area contributed by atoms with Crippen molar-refractivity contribution in [3.05, 3.63) is 59.7 Å². The summed E-state index contributed by atoms with van der Waals surface area (Å²) < 4.78 is 53.4. The summed E-state index contributed by atoms with van der Waals surface area (Å²) in [7, 11) is -3.45. The number of carbonyl (C=O) groups excluding carboxylic acids is 1. The maximum Gasteiger partial charge on any atom is 0.387 e. The van der Waals surface area contributed by atoms with Gasteiger partial charge in [0.2, 0.25) is 10.0 Å². The van der Waals surface area contributed by atoms with Gasteiger partial charge in [-0.25, -0.2) is 8.42 Å². The zero-order chi connectivity index (χ0) is 19.3. The van der Waals surface area contributed by atoms with Crippen molar-refractivity contribution in [2.75, 3.05) is 11.0 Å². The van der Waals surface area contributed by atoms with Crippen LogP contribution >= 0.6 is 0 Å². The number of benzene rings is 2. The number of carbonyl (C=O) groups is 1. The van der Waals surface area contributed by atoms with E-state index in [0.29, 0.717) is 5.56 Å². The van der Waals surface area contributed by atoms with Crippen LogP contribution in [0.5, 0.6) is 5.75 Å². The summed E-state index contributed by atoms with van der Waals surface area (Å²) in [6.45, 7) is -1.16. The molecule has 26 heavy (non-hydrogen) atoms. The van der Waals surface area contributed by atoms with Crippen LogP contribution in [0.3, 0.4) is 0 Å². The molecule has 0 aliphatic heterocycles. The summed E-state index contributed by atoms with van der Waals surface area (Å²) in [5, 5.41) is 2.76. The topological polar surface area (TPSA) is 84.5 Å². The van der Waals surface area contributed by atoms with Crippen LogP contribution in [0.15, 0.2) is 48.5 Å². The molecule has 2 rings (SSSR count). The molecule has 0 aliphatic carbocycles. The molecule has 1 atom stereocenters. The number of ether oxygens (including phenoxy) is 1. The van der Waals surface area contributed by atoms with Crippen molar-refractivity contribution < 1.29 is 26.7 Å². The Labute approximate surface area is 150 Å². The second-order valence-corrected chi connectivity index (χ2v) is 7.35. The van der Waals surface area contributed by atoms with Gasteiger partial charge >= 0.3 is 6.61 Å². The van der Waals surface area contributed by atoms with Crippen LogP contribution < -0.4 is 14.8 Å². The molecular weight excluding hydrogens is 366 g/mol. The highest BCUT2D eigenvalue weighted by molar-refractivity contribution is 7.92. The molecule has 1 amide bonds. The monoisotopic (exact) mass is 384 g/mol. The maximum atomic E-state index is 12.3. The molecule has 140 valence electrons. The molecule has 0 saturated heterocycles. The molecule has 0 spiro atoms. The van der Waals surface area contributed by atoms with Crippen LogP contribution in [0, 0.1) is 0 Å². The van der Waals surface area contributed by atoms with E-state index in [4.69, 9.17) is 0 Å². The average molecular weight is 384 g/mol. The van der Waals surface area contributed by atoms with Gasteiger partial charge in [-0.2, -0.15) is 8.78 Å². The second kappa shape index (κ2) is 8.13. The third-order valence-corrected chi connectivity index (χ3v) is 3.99. The molecule has 0 heterocycles. The van der Waals surface area contributed by atoms with Crippen molar-refractivity contribution >= 4 is 21.6 Å². The number of alkyl halides is 2. The third kappa shape index (κ3) is 5.99. The van der Waals surface area contributed by atoms with E-state index in [1.807, 2.05) is 0 Å². The Bertz CT molecular complexity index is 871. The summed E-state index contributed by atoms with van der Waals surface area (Å²) in [5.41, 5.74) is 1.26. The van der Waals surface area contributed by atoms with Gasteiger partial charge in [-0.05, 0) is 42.8 Å². The van der Waals surface area contributed by atoms with Crippen LogP contribution in [0.2, 0.25) is 0 Å². The van der Waals surface area contributed by atoms with Crippen molar-refractivity contribution in [3.8, 4) is 5.75 Å². The van der Waals surface area contributed by atoms with Crippen molar-refractivity contribution in [1.29, 1.82) is 0 Å². The molecule has 2 aromatic rings. The van der Waals surface area contributed by atoms with Crippen molar-refractivity contribution in [2.24, 2.45) is 0 Å². The van der Waals surface area contributed by atoms with Gasteiger partial charge < -0.3 is 10.1 Å². The lowest BCUT2D eigenvalue weighted by Crippen LogP contribution is -2.26. The standard InChI is InChI=1S/C17H18F2N2O4S/c1-11(12-6-8-15(9-7-12)25-17(18)19)20-16(22)13-4-3-5-14(10-13)21-26(2,23)24/h3-11,17,21H,1-2H3,(H,20,22). The van der Waals surface area contributed by atoms with Gasteiger partial charge in [-0.15, -0.1) is 0 Å². The van der Waals surface area contributed by atoms with Gasteiger partial charge in [0, 0.05) is 11.3 Å². The fourth-order valence-corrected chi connectivity index (χ4v) is 2.79. The molecule has 9 heteroatoms. The first-order valence-corrected chi connectivity index (χ1v) is 9.46. The minimum Gasteiger partial charge on any atom is -0.435 e. The summed E-state index contributed by atoms with van der Waals surface area (Å²) in [6, 6.07) is 11.6. The zero-order valence-electron chi connectivity index (χ0n) is 14.1. The molecule has 0 aromatic heterocycles. The van der Waals surface area contributed by atoms with E-state index in [1.54, 1.807) is 31.2 Å². The smallest absolute Gasteiger partial charge is 0.387 e. The molecule has 2 N–H and O–H groups in total. The Morgan fingerprint density at radius 3 is 2.35 bits per heavy atom. The summed E-state index contributed by atoms with van der Waals surface area (Å²) in [4.78, 5) is 12.3. The number of nitrogens with one attached hydrogen (secondary N) is 2. The minimum absolute atomic E-state index is 0.0295. The molecule has 6 nitrogen and oxygen atoms in total. The Kier molecular flexibility index (Phi) is 6.14. The van der Waals surface area contributed by atoms with Crippen LogP contribution in [-0.4, -0.2) is 27.2 Å². The van der Waals surface area contributed by atoms with Gasteiger partial charge in [0.05, 0.1) is 12.3 Å². The van der Waals surface area contributed by atoms with Crippen LogP contribution in [0.25, 0.3) is 0 Å². The lowest BCUT2D eigenvalue weighted by atomic mass is 10.1. The van der Waals surface area contributed by atoms with Gasteiger partial charge in [0.1, 0.15) is 5.75 Å². The number of sulfonamides is 1. The lowest BCUT2D eigenvalue weighted by Gasteiger charge is -2.15. The van der Waals surface area contributed by atoms with E-state index in [-0.39, 0.29) is 17.0 Å². The van der Waals surface area contributed by atoms with E-state index in [1.165, 1.54) is 24.3 Å². The number of hydrogen-bond acceptors (Lipinski definition) is 4. The SMILES string of the molecule is CC(NC(=O)c1cccc(NS(C)(=O)=O)c1)c1ccc(OC(F)F)cc1. The summed E-state index contributed by atoms with van der Waals surface area (Å²) >= 11 is 0. The average Bonchev–Trinajstić information content (AvgIpc) is 2.53. The number of halogens is 2. The Hall–Kier alpha value is -2.68. The minimum atomic E-state index is -3.45. The van der Waals surface area contributed by atoms with Crippen LogP contribution in [0.1, 0.15) is 28.9 Å². The predicted octanol–water partition coefficient (Wildman–Crippen LogP) is 3.15. The van der Waals surface area contributed by atoms with Gasteiger partial charge in [-0.1, -0.05) is 18.2 Å². The lowest BCUT2D eigenvalue weighted by molar-refractivity contribution is -0.0498. The third-order valence-electron chi connectivity index (χ3n) is 3.38. The van der Waals surface area contributed by atoms with E-state index in [9.17, 15) is 22.0 Å². The van der Waals surface area contributed by atoms with Crippen LogP contribution in [-0.2, 0) is 10.0 Å². The Morgan fingerprint density at radius 1 is 1.12 bits per heavy atom. The van der Waals surface area contributed by atoms with E-state index < -0.39 is 28.6 Å². The fourth-order valence-electron chi connectivity index (χ4n) is 2.24. The van der Waals surface area contributed by atoms with Crippen molar-refractivity contribution in [1.82, 2.24) is 5.32 Å². The highest BCUT2D eigenvalue weighted by atomic mass is 32.2. The number of rotatable bonds is 7. The highest BCUT2D eigenvalue weighted by Crippen LogP contribution is 2.20. The Balaban J connectivity index is 2.06. The molecule has 0 saturated carbocycles. The largest absolute Gasteiger partial charge is 0.435 e. The second-order valence-electron chi connectivity index (χ2n) is 5.60. The number of hydrogen-bond donors (Lipinski definition) is 2. The first kappa shape index (κ1) is 19.6. The molecule has 0 aliphatic rings. The molecule has 1 unspecified atom stereocenters. The van der Waals surface area contributed by atoms with Crippen molar-refractivity contribution in [3.63, 3.8) is 0 Å². The van der Waals surface area contributed by atoms with E-state index >= 15 is 0 Å². The number of amides is 1. The molecule has 2 aromatic carbocycles. The van der Waals surface area contributed by atoms with Gasteiger partial charge in [0.15, 0.2) is 0 Å². The Morgan fingerprint density at radius 2 is 1.77 bits per heavy atom. The van der Waals surface area contributed by atoms with Crippen LogP contribution in [0.4, 0.5) is 14.5 Å². The normalized spacial score (nSPS) is 12.5. The zero-order valence-corrected chi connectivity index (χ0v) is 14.9. The predicted molar refractivity (Wildman–Crippen MR) is 93.9 cm³/mol. The summed E-state index contributed by atoms with van der Waals surface area (Å²) in [6.07, 6.45) is 1.02. The van der Waals surface area contributed by atoms with Gasteiger partial charge in [0.25, 0.3) is 5.91 Å². The molecule has 0 radical (unpaired) electrons. The molecule has 0 bridgehead atoms. The quantitative estimate of drug-likeness (QED) is 0.768. The maximum absolute atomic E-state index is 12.3. The first-order chi connectivity index (χ1) is 12.1. The first-order valence-electron chi connectivity index (χ1n) is 7.57. The van der Waals surface area contributed by atoms with E-state index in [0.717, 1.165) is 6.26 Å². The molecular formula is C17H18F2N2O4S. The summed E-state index contributed by atoms with van der Waals surface area (Å²) in [5.74, 6) is -0.371. The highest BCUT2D eigenvalue weighted by Gasteiger charge is 2.13. The van der Waals surface area contributed by atoms with Crippen molar-refractivity contribution in [2.45, 2.75) is 19.6 Å². The number of anilines is 1. The molecule has 0 fully saturated rings. The van der Waals surface area contributed by atoms with Gasteiger partial charge in [-0.3, -0.25) is 9.52 Å². The fraction of sp³-hybridized carbons (Fsp3) is 0.235. The van der Waals surface area contributed by atoms with E-state index in [2.05, 4.69) is 14.8 Å².